The molecular weight excluding hydrogens is 532 g/mol. The van der Waals surface area contributed by atoms with Crippen LogP contribution in [0.25, 0.3) is 92.4 Å². The minimum Gasteiger partial charge on any atom is -0.238 e. The third-order valence-corrected chi connectivity index (χ3v) is 9.19. The van der Waals surface area contributed by atoms with E-state index < -0.39 is 0 Å². The van der Waals surface area contributed by atoms with Gasteiger partial charge in [-0.1, -0.05) is 91.0 Å². The van der Waals surface area contributed by atoms with Crippen molar-refractivity contribution in [2.75, 3.05) is 0 Å². The van der Waals surface area contributed by atoms with E-state index in [0.29, 0.717) is 11.3 Å². The van der Waals surface area contributed by atoms with E-state index in [-0.39, 0.29) is 0 Å². The highest BCUT2D eigenvalue weighted by molar-refractivity contribution is 6.27. The first-order valence-corrected chi connectivity index (χ1v) is 14.7. The van der Waals surface area contributed by atoms with Gasteiger partial charge in [0.05, 0.1) is 18.2 Å². The smallest absolute Gasteiger partial charge is 0.187 e. The van der Waals surface area contributed by atoms with Crippen molar-refractivity contribution in [2.45, 2.75) is 0 Å². The Morgan fingerprint density at radius 2 is 1.02 bits per heavy atom. The molecule has 200 valence electrons. The third kappa shape index (κ3) is 3.40. The summed E-state index contributed by atoms with van der Waals surface area (Å²) in [5, 5.41) is 19.2. The number of hydrogen-bond acceptors (Lipinski definition) is 1. The highest BCUT2D eigenvalue weighted by Gasteiger charge is 2.24. The second kappa shape index (κ2) is 9.14. The van der Waals surface area contributed by atoms with Crippen LogP contribution in [0.1, 0.15) is 5.56 Å². The molecule has 1 aliphatic carbocycles. The number of benzene rings is 8. The van der Waals surface area contributed by atoms with Gasteiger partial charge in [0.2, 0.25) is 0 Å². The molecule has 2 nitrogen and oxygen atoms in total. The van der Waals surface area contributed by atoms with E-state index in [0.717, 1.165) is 38.4 Å². The molecule has 0 N–H and O–H groups in total. The molecule has 0 aliphatic heterocycles. The Balaban J connectivity index is 1.47. The standard InChI is InChI=1S/C42H22N2/c1-44-29-13-5-12-28(19-29)35-21-36-31-15-3-2-14-30(31)34(27-11-4-8-25(18-27)24-43)20-40(36)41-23-38-33-17-7-10-26-9-6-16-32(42(26)33)37(38)22-39(35)41/h2-23H. The van der Waals surface area contributed by atoms with Gasteiger partial charge in [0.25, 0.3) is 0 Å². The van der Waals surface area contributed by atoms with Crippen LogP contribution >= 0.6 is 0 Å². The quantitative estimate of drug-likeness (QED) is 0.154. The lowest BCUT2D eigenvalue weighted by molar-refractivity contribution is 1.48. The average molecular weight is 555 g/mol. The summed E-state index contributed by atoms with van der Waals surface area (Å²) in [5.41, 5.74) is 10.6. The zero-order valence-electron chi connectivity index (χ0n) is 23.6. The molecule has 2 heteroatoms. The van der Waals surface area contributed by atoms with E-state index in [9.17, 15) is 5.26 Å². The highest BCUT2D eigenvalue weighted by atomic mass is 14.6. The van der Waals surface area contributed by atoms with Crippen molar-refractivity contribution in [3.05, 3.63) is 150 Å². The Bertz CT molecular complexity index is 2620. The Morgan fingerprint density at radius 1 is 0.455 bits per heavy atom. The molecule has 8 aromatic carbocycles. The van der Waals surface area contributed by atoms with Crippen LogP contribution in [0.2, 0.25) is 0 Å². The molecule has 8 aromatic rings. The van der Waals surface area contributed by atoms with Gasteiger partial charge in [-0.3, -0.25) is 0 Å². The van der Waals surface area contributed by atoms with Gasteiger partial charge in [0, 0.05) is 0 Å². The third-order valence-electron chi connectivity index (χ3n) is 9.19. The van der Waals surface area contributed by atoms with Crippen molar-refractivity contribution in [3.8, 4) is 50.6 Å². The fraction of sp³-hybridized carbons (Fsp3) is 0. The zero-order chi connectivity index (χ0) is 29.4. The number of rotatable bonds is 2. The van der Waals surface area contributed by atoms with Crippen molar-refractivity contribution < 1.29 is 0 Å². The monoisotopic (exact) mass is 554 g/mol. The summed E-state index contributed by atoms with van der Waals surface area (Å²) in [6, 6.07) is 49.2. The van der Waals surface area contributed by atoms with Crippen LogP contribution in [0.4, 0.5) is 5.69 Å². The van der Waals surface area contributed by atoms with Crippen molar-refractivity contribution in [1.29, 1.82) is 5.26 Å². The maximum Gasteiger partial charge on any atom is 0.187 e. The maximum absolute atomic E-state index is 9.67. The molecule has 0 heterocycles. The molecule has 0 amide bonds. The molecule has 44 heavy (non-hydrogen) atoms. The SMILES string of the molecule is [C-]#[N+]c1cccc(-c2cc3c4ccccc4c(-c4cccc(C#N)c4)cc3c3cc4c(cc23)-c2cccc3cccc-4c23)c1. The molecule has 0 saturated carbocycles. The van der Waals surface area contributed by atoms with Crippen molar-refractivity contribution in [3.63, 3.8) is 0 Å². The number of fused-ring (bicyclic) bond motifs is 8. The summed E-state index contributed by atoms with van der Waals surface area (Å²) in [6.07, 6.45) is 0. The first-order chi connectivity index (χ1) is 21.7. The summed E-state index contributed by atoms with van der Waals surface area (Å²) in [7, 11) is 0. The lowest BCUT2D eigenvalue weighted by atomic mass is 9.86. The zero-order valence-corrected chi connectivity index (χ0v) is 23.6. The second-order valence-electron chi connectivity index (χ2n) is 11.5. The predicted molar refractivity (Wildman–Crippen MR) is 183 cm³/mol. The van der Waals surface area contributed by atoms with E-state index in [1.54, 1.807) is 0 Å². The first kappa shape index (κ1) is 24.4. The van der Waals surface area contributed by atoms with Crippen LogP contribution in [0.3, 0.4) is 0 Å². The molecule has 9 rings (SSSR count). The van der Waals surface area contributed by atoms with E-state index in [4.69, 9.17) is 6.57 Å². The predicted octanol–water partition coefficient (Wildman–Crippen LogP) is 11.7. The summed E-state index contributed by atoms with van der Waals surface area (Å²) in [6.45, 7) is 7.68. The normalized spacial score (nSPS) is 11.6. The minimum atomic E-state index is 0.631. The molecule has 0 aromatic heterocycles. The Kier molecular flexibility index (Phi) is 5.06. The van der Waals surface area contributed by atoms with Crippen LogP contribution < -0.4 is 0 Å². The topological polar surface area (TPSA) is 28.1 Å². The molecular formula is C42H22N2. The first-order valence-electron chi connectivity index (χ1n) is 14.7. The second-order valence-corrected chi connectivity index (χ2v) is 11.5. The van der Waals surface area contributed by atoms with Gasteiger partial charge in [-0.05, 0) is 130 Å². The lowest BCUT2D eigenvalue weighted by Crippen LogP contribution is -1.90. The molecule has 0 saturated heterocycles. The van der Waals surface area contributed by atoms with Crippen molar-refractivity contribution in [2.24, 2.45) is 0 Å². The highest BCUT2D eigenvalue weighted by Crippen LogP contribution is 2.51. The van der Waals surface area contributed by atoms with Gasteiger partial charge >= 0.3 is 0 Å². The number of nitriles is 1. The maximum atomic E-state index is 9.67. The minimum absolute atomic E-state index is 0.631. The fourth-order valence-corrected chi connectivity index (χ4v) is 7.26. The molecule has 0 atom stereocenters. The van der Waals surface area contributed by atoms with E-state index >= 15 is 0 Å². The van der Waals surface area contributed by atoms with Gasteiger partial charge in [-0.15, -0.1) is 0 Å². The van der Waals surface area contributed by atoms with Crippen LogP contribution in [-0.2, 0) is 0 Å². The van der Waals surface area contributed by atoms with E-state index in [1.165, 1.54) is 49.2 Å². The summed E-state index contributed by atoms with van der Waals surface area (Å²) >= 11 is 0. The summed E-state index contributed by atoms with van der Waals surface area (Å²) in [5.74, 6) is 0. The molecule has 0 spiro atoms. The lowest BCUT2D eigenvalue weighted by Gasteiger charge is -2.18. The Morgan fingerprint density at radius 3 is 1.75 bits per heavy atom. The Hall–Kier alpha value is -6.22. The number of hydrogen-bond donors (Lipinski definition) is 0. The van der Waals surface area contributed by atoms with Crippen LogP contribution in [0, 0.1) is 17.9 Å². The van der Waals surface area contributed by atoms with Gasteiger partial charge in [-0.25, -0.2) is 4.85 Å². The molecule has 0 radical (unpaired) electrons. The van der Waals surface area contributed by atoms with Gasteiger partial charge in [-0.2, -0.15) is 5.26 Å². The fourth-order valence-electron chi connectivity index (χ4n) is 7.26. The van der Waals surface area contributed by atoms with Crippen molar-refractivity contribution >= 4 is 48.8 Å². The number of nitrogens with zero attached hydrogens (tertiary/aromatic N) is 2. The van der Waals surface area contributed by atoms with Gasteiger partial charge in [0.1, 0.15) is 0 Å². The van der Waals surface area contributed by atoms with Crippen LogP contribution in [0.5, 0.6) is 0 Å². The Labute approximate surface area is 254 Å². The van der Waals surface area contributed by atoms with E-state index in [2.05, 4.69) is 108 Å². The summed E-state index contributed by atoms with van der Waals surface area (Å²) in [4.78, 5) is 3.75. The van der Waals surface area contributed by atoms with Crippen LogP contribution in [0.15, 0.2) is 133 Å². The largest absolute Gasteiger partial charge is 0.238 e. The molecule has 1 aliphatic rings. The van der Waals surface area contributed by atoms with Gasteiger partial charge in [0.15, 0.2) is 5.69 Å². The molecule has 0 fully saturated rings. The molecule has 0 unspecified atom stereocenters. The average Bonchev–Trinajstić information content (AvgIpc) is 3.40. The van der Waals surface area contributed by atoms with E-state index in [1.807, 2.05) is 36.4 Å². The van der Waals surface area contributed by atoms with Gasteiger partial charge < -0.3 is 0 Å². The summed E-state index contributed by atoms with van der Waals surface area (Å²) < 4.78 is 0. The molecule has 0 bridgehead atoms. The van der Waals surface area contributed by atoms with Crippen LogP contribution in [-0.4, -0.2) is 0 Å². The van der Waals surface area contributed by atoms with Crippen molar-refractivity contribution in [1.82, 2.24) is 0 Å².